The minimum atomic E-state index is 0.289. The van der Waals surface area contributed by atoms with Crippen molar-refractivity contribution in [1.29, 1.82) is 0 Å². The second kappa shape index (κ2) is 5.63. The number of nitrogens with zero attached hydrogens (tertiary/aromatic N) is 1. The monoisotopic (exact) mass is 315 g/mol. The molecular formula is C13H18BrNOS. The van der Waals surface area contributed by atoms with Gasteiger partial charge in [-0.05, 0) is 53.4 Å². The summed E-state index contributed by atoms with van der Waals surface area (Å²) in [6.45, 7) is 2.42. The first-order chi connectivity index (χ1) is 8.13. The zero-order chi connectivity index (χ0) is 12.4. The second-order valence-electron chi connectivity index (χ2n) is 4.54. The first kappa shape index (κ1) is 13.2. The van der Waals surface area contributed by atoms with Gasteiger partial charge in [0, 0.05) is 34.8 Å². The van der Waals surface area contributed by atoms with E-state index in [1.165, 1.54) is 20.6 Å². The van der Waals surface area contributed by atoms with Crippen LogP contribution in [-0.4, -0.2) is 30.6 Å². The van der Waals surface area contributed by atoms with Crippen molar-refractivity contribution in [3.63, 3.8) is 0 Å². The average Bonchev–Trinajstić information content (AvgIpc) is 2.27. The molecule has 0 fully saturated rings. The van der Waals surface area contributed by atoms with Gasteiger partial charge in [0.25, 0.3) is 0 Å². The number of aryl methyl sites for hydroxylation is 1. The molecule has 17 heavy (non-hydrogen) atoms. The van der Waals surface area contributed by atoms with Gasteiger partial charge in [0.05, 0.1) is 5.69 Å². The van der Waals surface area contributed by atoms with Crippen LogP contribution < -0.4 is 4.90 Å². The normalized spacial score (nSPS) is 19.3. The Morgan fingerprint density at radius 2 is 2.29 bits per heavy atom. The highest BCUT2D eigenvalue weighted by Crippen LogP contribution is 2.42. The van der Waals surface area contributed by atoms with E-state index in [-0.39, 0.29) is 6.61 Å². The van der Waals surface area contributed by atoms with E-state index in [1.807, 2.05) is 11.8 Å². The van der Waals surface area contributed by atoms with Gasteiger partial charge in [-0.15, -0.1) is 11.8 Å². The predicted octanol–water partition coefficient (Wildman–Crippen LogP) is 3.44. The Bertz CT molecular complexity index is 411. The van der Waals surface area contributed by atoms with Gasteiger partial charge in [0.1, 0.15) is 0 Å². The zero-order valence-electron chi connectivity index (χ0n) is 10.2. The number of rotatable bonds is 3. The summed E-state index contributed by atoms with van der Waals surface area (Å²) in [6, 6.07) is 4.95. The number of hydrogen-bond donors (Lipinski definition) is 1. The molecule has 1 atom stereocenters. The molecule has 0 aromatic heterocycles. The van der Waals surface area contributed by atoms with Gasteiger partial charge >= 0.3 is 0 Å². The van der Waals surface area contributed by atoms with E-state index in [1.54, 1.807) is 0 Å². The summed E-state index contributed by atoms with van der Waals surface area (Å²) < 4.78 is 1.18. The van der Waals surface area contributed by atoms with Gasteiger partial charge in [-0.3, -0.25) is 0 Å². The summed E-state index contributed by atoms with van der Waals surface area (Å²) in [5, 5.41) is 8.93. The van der Waals surface area contributed by atoms with Crippen molar-refractivity contribution in [1.82, 2.24) is 0 Å². The Morgan fingerprint density at radius 1 is 1.53 bits per heavy atom. The molecule has 1 aliphatic rings. The predicted molar refractivity (Wildman–Crippen MR) is 78.1 cm³/mol. The summed E-state index contributed by atoms with van der Waals surface area (Å²) in [5.41, 5.74) is 2.60. The van der Waals surface area contributed by atoms with Crippen LogP contribution in [0.2, 0.25) is 0 Å². The van der Waals surface area contributed by atoms with Gasteiger partial charge in [-0.2, -0.15) is 0 Å². The molecule has 1 aliphatic heterocycles. The van der Waals surface area contributed by atoms with Crippen molar-refractivity contribution < 1.29 is 5.11 Å². The third kappa shape index (κ3) is 2.80. The van der Waals surface area contributed by atoms with Crippen LogP contribution in [0.25, 0.3) is 0 Å². The van der Waals surface area contributed by atoms with Crippen molar-refractivity contribution in [2.75, 3.05) is 24.3 Å². The first-order valence-electron chi connectivity index (χ1n) is 5.90. The third-order valence-electron chi connectivity index (χ3n) is 3.20. The summed E-state index contributed by atoms with van der Waals surface area (Å²) in [4.78, 5) is 3.71. The van der Waals surface area contributed by atoms with E-state index in [9.17, 15) is 0 Å². The lowest BCUT2D eigenvalue weighted by molar-refractivity contribution is 0.280. The van der Waals surface area contributed by atoms with Gasteiger partial charge in [-0.25, -0.2) is 0 Å². The Balaban J connectivity index is 2.25. The van der Waals surface area contributed by atoms with Crippen LogP contribution in [0.5, 0.6) is 0 Å². The maximum Gasteiger partial charge on any atom is 0.0649 e. The fraction of sp³-hybridized carbons (Fsp3) is 0.538. The van der Waals surface area contributed by atoms with Gasteiger partial charge in [0.2, 0.25) is 0 Å². The number of hydrogen-bond acceptors (Lipinski definition) is 3. The minimum Gasteiger partial charge on any atom is -0.396 e. The lowest BCUT2D eigenvalue weighted by Gasteiger charge is -2.36. The number of fused-ring (bicyclic) bond motifs is 1. The number of benzene rings is 1. The number of halogens is 1. The average molecular weight is 316 g/mol. The molecule has 0 saturated heterocycles. The van der Waals surface area contributed by atoms with Crippen molar-refractivity contribution in [2.24, 2.45) is 0 Å². The molecule has 1 N–H and O–H groups in total. The Hall–Kier alpha value is -0.190. The largest absolute Gasteiger partial charge is 0.396 e. The van der Waals surface area contributed by atoms with Gasteiger partial charge in [0.15, 0.2) is 0 Å². The standard InChI is InChI=1S/C13H18BrNOS/c1-9-6-11(14)13-12(7-9)17-8-10(15(13)2)4-3-5-16/h6-7,10,16H,3-5,8H2,1-2H3. The molecule has 0 aliphatic carbocycles. The van der Waals surface area contributed by atoms with E-state index in [4.69, 9.17) is 5.11 Å². The van der Waals surface area contributed by atoms with Crippen molar-refractivity contribution >= 4 is 33.4 Å². The Kier molecular flexibility index (Phi) is 4.39. The van der Waals surface area contributed by atoms with Crippen molar-refractivity contribution in [3.05, 3.63) is 22.2 Å². The summed E-state index contributed by atoms with van der Waals surface area (Å²) >= 11 is 5.59. The van der Waals surface area contributed by atoms with Crippen LogP contribution in [0, 0.1) is 6.92 Å². The molecule has 2 nitrogen and oxygen atoms in total. The van der Waals surface area contributed by atoms with Crippen LogP contribution in [0.4, 0.5) is 5.69 Å². The SMILES string of the molecule is Cc1cc(Br)c2c(c1)SCC(CCCO)N2C. The van der Waals surface area contributed by atoms with Crippen molar-refractivity contribution in [3.8, 4) is 0 Å². The molecule has 1 heterocycles. The van der Waals surface area contributed by atoms with Crippen LogP contribution >= 0.6 is 27.7 Å². The lowest BCUT2D eigenvalue weighted by Crippen LogP contribution is -2.37. The smallest absolute Gasteiger partial charge is 0.0649 e. The van der Waals surface area contributed by atoms with E-state index in [0.717, 1.165) is 18.6 Å². The molecule has 1 unspecified atom stereocenters. The maximum atomic E-state index is 8.93. The highest BCUT2D eigenvalue weighted by molar-refractivity contribution is 9.10. The molecule has 94 valence electrons. The molecule has 1 aromatic rings. The van der Waals surface area contributed by atoms with E-state index >= 15 is 0 Å². The van der Waals surface area contributed by atoms with Crippen molar-refractivity contribution in [2.45, 2.75) is 30.7 Å². The molecule has 0 bridgehead atoms. The first-order valence-corrected chi connectivity index (χ1v) is 7.68. The third-order valence-corrected chi connectivity index (χ3v) is 4.98. The van der Waals surface area contributed by atoms with Gasteiger partial charge < -0.3 is 10.0 Å². The summed E-state index contributed by atoms with van der Waals surface area (Å²) in [7, 11) is 2.15. The molecule has 1 aromatic carbocycles. The topological polar surface area (TPSA) is 23.5 Å². The zero-order valence-corrected chi connectivity index (χ0v) is 12.6. The quantitative estimate of drug-likeness (QED) is 0.924. The van der Waals surface area contributed by atoms with Crippen LogP contribution in [0.15, 0.2) is 21.5 Å². The second-order valence-corrected chi connectivity index (χ2v) is 6.45. The lowest BCUT2D eigenvalue weighted by atomic mass is 10.1. The molecule has 0 radical (unpaired) electrons. The molecule has 2 rings (SSSR count). The van der Waals surface area contributed by atoms with Crippen LogP contribution in [0.1, 0.15) is 18.4 Å². The minimum absolute atomic E-state index is 0.289. The fourth-order valence-electron chi connectivity index (χ4n) is 2.24. The number of thioether (sulfide) groups is 1. The molecule has 0 spiro atoms. The molecule has 0 saturated carbocycles. The summed E-state index contributed by atoms with van der Waals surface area (Å²) in [6.07, 6.45) is 1.94. The van der Waals surface area contributed by atoms with E-state index in [0.29, 0.717) is 6.04 Å². The fourth-order valence-corrected chi connectivity index (χ4v) is 4.65. The number of aliphatic hydroxyl groups is 1. The van der Waals surface area contributed by atoms with E-state index < -0.39 is 0 Å². The highest BCUT2D eigenvalue weighted by atomic mass is 79.9. The Morgan fingerprint density at radius 3 is 3.00 bits per heavy atom. The summed E-state index contributed by atoms with van der Waals surface area (Å²) in [5.74, 6) is 1.11. The number of aliphatic hydroxyl groups excluding tert-OH is 1. The van der Waals surface area contributed by atoms with Gasteiger partial charge in [-0.1, -0.05) is 0 Å². The maximum absolute atomic E-state index is 8.93. The molecule has 0 amide bonds. The molecule has 4 heteroatoms. The van der Waals surface area contributed by atoms with E-state index in [2.05, 4.69) is 46.9 Å². The Labute approximate surface area is 116 Å². The van der Waals surface area contributed by atoms with Crippen LogP contribution in [-0.2, 0) is 0 Å². The molecular weight excluding hydrogens is 298 g/mol. The highest BCUT2D eigenvalue weighted by Gasteiger charge is 2.25. The van der Waals surface area contributed by atoms with Crippen LogP contribution in [0.3, 0.4) is 0 Å². The number of anilines is 1.